The Morgan fingerprint density at radius 2 is 1.84 bits per heavy atom. The van der Waals surface area contributed by atoms with Crippen LogP contribution in [0.1, 0.15) is 17.0 Å². The number of aromatic nitrogens is 3. The first-order valence-electron chi connectivity index (χ1n) is 13.1. The number of urea groups is 1. The van der Waals surface area contributed by atoms with Crippen molar-refractivity contribution in [2.24, 2.45) is 4.99 Å². The molecular formula is C29H24ClF3N6O5S. The van der Waals surface area contributed by atoms with E-state index in [0.717, 1.165) is 22.9 Å². The third-order valence-corrected chi connectivity index (χ3v) is 7.40. The van der Waals surface area contributed by atoms with Gasteiger partial charge in [-0.2, -0.15) is 4.99 Å². The highest BCUT2D eigenvalue weighted by Crippen LogP contribution is 2.32. The molecule has 234 valence electrons. The summed E-state index contributed by atoms with van der Waals surface area (Å²) in [5.74, 6) is 0.233. The standard InChI is InChI=1S/C29H24ClF3N6O5S/c1-17-3-4-18(13-42-2)24(11-17)39-26(40)15-45-28(39)36-27(41)35-23-10-9-21(12-22(23)30)43-14-25-34-16-38(37-25)19-5-7-20(8-6-19)44-29(31,32)33/h3-12,16H,13-15H2,1-2H3,(H,35,41)/b36-28-. The highest BCUT2D eigenvalue weighted by atomic mass is 35.5. The van der Waals surface area contributed by atoms with Crippen molar-refractivity contribution in [1.29, 1.82) is 0 Å². The fraction of sp³-hybridized carbons (Fsp3) is 0.207. The minimum absolute atomic E-state index is 0.0386. The zero-order chi connectivity index (χ0) is 32.1. The zero-order valence-corrected chi connectivity index (χ0v) is 25.2. The Morgan fingerprint density at radius 3 is 2.56 bits per heavy atom. The molecule has 45 heavy (non-hydrogen) atoms. The van der Waals surface area contributed by atoms with Crippen molar-refractivity contribution in [1.82, 2.24) is 14.8 Å². The number of hydrogen-bond acceptors (Lipinski definition) is 8. The van der Waals surface area contributed by atoms with Gasteiger partial charge < -0.3 is 19.5 Å². The van der Waals surface area contributed by atoms with Crippen LogP contribution in [0.2, 0.25) is 5.02 Å². The van der Waals surface area contributed by atoms with Crippen molar-refractivity contribution in [2.75, 3.05) is 23.1 Å². The number of hydrogen-bond donors (Lipinski definition) is 1. The summed E-state index contributed by atoms with van der Waals surface area (Å²) < 4.78 is 53.4. The van der Waals surface area contributed by atoms with E-state index in [9.17, 15) is 22.8 Å². The number of amides is 3. The first kappa shape index (κ1) is 31.8. The summed E-state index contributed by atoms with van der Waals surface area (Å²) in [4.78, 5) is 35.3. The zero-order valence-electron chi connectivity index (χ0n) is 23.7. The number of nitrogens with zero attached hydrogens (tertiary/aromatic N) is 5. The number of halogens is 4. The summed E-state index contributed by atoms with van der Waals surface area (Å²) >= 11 is 7.54. The quantitative estimate of drug-likeness (QED) is 0.215. The van der Waals surface area contributed by atoms with Crippen LogP contribution >= 0.6 is 23.4 Å². The second kappa shape index (κ2) is 13.6. The molecule has 1 saturated heterocycles. The Hall–Kier alpha value is -4.60. The Kier molecular flexibility index (Phi) is 9.60. The van der Waals surface area contributed by atoms with E-state index >= 15 is 0 Å². The van der Waals surface area contributed by atoms with Gasteiger partial charge in [0.25, 0.3) is 0 Å². The van der Waals surface area contributed by atoms with Gasteiger partial charge in [0.05, 0.1) is 34.4 Å². The molecule has 16 heteroatoms. The number of carbonyl (C=O) groups is 2. The molecule has 4 aromatic rings. The third-order valence-electron chi connectivity index (χ3n) is 6.17. The number of aliphatic imine (C=N–C) groups is 1. The van der Waals surface area contributed by atoms with E-state index in [2.05, 4.69) is 25.1 Å². The molecule has 1 fully saturated rings. The molecule has 0 bridgehead atoms. The summed E-state index contributed by atoms with van der Waals surface area (Å²) in [6, 6.07) is 14.6. The van der Waals surface area contributed by atoms with Crippen LogP contribution in [0.3, 0.4) is 0 Å². The lowest BCUT2D eigenvalue weighted by Gasteiger charge is -2.20. The van der Waals surface area contributed by atoms with E-state index in [4.69, 9.17) is 21.1 Å². The normalized spacial score (nSPS) is 14.2. The van der Waals surface area contributed by atoms with Crippen molar-refractivity contribution < 1.29 is 37.0 Å². The highest BCUT2D eigenvalue weighted by molar-refractivity contribution is 8.15. The van der Waals surface area contributed by atoms with Gasteiger partial charge in [-0.05, 0) is 55.0 Å². The molecule has 0 saturated carbocycles. The maximum Gasteiger partial charge on any atom is 0.573 e. The number of nitrogens with one attached hydrogen (secondary N) is 1. The molecule has 0 unspecified atom stereocenters. The summed E-state index contributed by atoms with van der Waals surface area (Å²) in [5.41, 5.74) is 3.06. The molecule has 0 spiro atoms. The maximum absolute atomic E-state index is 12.8. The van der Waals surface area contributed by atoms with Crippen molar-refractivity contribution in [3.63, 3.8) is 0 Å². The topological polar surface area (TPSA) is 120 Å². The van der Waals surface area contributed by atoms with Crippen molar-refractivity contribution in [3.8, 4) is 17.2 Å². The van der Waals surface area contributed by atoms with Crippen LogP contribution in [-0.2, 0) is 22.7 Å². The maximum atomic E-state index is 12.8. The number of aryl methyl sites for hydroxylation is 1. The summed E-state index contributed by atoms with van der Waals surface area (Å²) in [6.07, 6.45) is -3.39. The smallest absolute Gasteiger partial charge is 0.485 e. The molecule has 3 amide bonds. The third kappa shape index (κ3) is 8.12. The largest absolute Gasteiger partial charge is 0.573 e. The number of anilines is 2. The predicted molar refractivity (Wildman–Crippen MR) is 162 cm³/mol. The first-order chi connectivity index (χ1) is 21.5. The summed E-state index contributed by atoms with van der Waals surface area (Å²) in [7, 11) is 1.56. The number of amidine groups is 1. The highest BCUT2D eigenvalue weighted by Gasteiger charge is 2.32. The molecule has 3 aromatic carbocycles. The monoisotopic (exact) mass is 660 g/mol. The average Bonchev–Trinajstić information content (AvgIpc) is 3.60. The average molecular weight is 661 g/mol. The van der Waals surface area contributed by atoms with Crippen LogP contribution in [0.4, 0.5) is 29.3 Å². The lowest BCUT2D eigenvalue weighted by molar-refractivity contribution is -0.274. The number of thioether (sulfide) groups is 1. The molecule has 2 heterocycles. The van der Waals surface area contributed by atoms with Crippen LogP contribution in [-0.4, -0.2) is 51.1 Å². The number of alkyl halides is 3. The predicted octanol–water partition coefficient (Wildman–Crippen LogP) is 6.52. The summed E-state index contributed by atoms with van der Waals surface area (Å²) in [6.45, 7) is 2.14. The molecule has 1 aromatic heterocycles. The minimum Gasteiger partial charge on any atom is -0.485 e. The Balaban J connectivity index is 1.21. The van der Waals surface area contributed by atoms with Crippen molar-refractivity contribution in [3.05, 3.63) is 89.0 Å². The van der Waals surface area contributed by atoms with Crippen LogP contribution in [0, 0.1) is 6.92 Å². The SMILES string of the molecule is COCc1ccc(C)cc1N1C(=O)CS/C1=N\C(=O)Nc1ccc(OCc2ncn(-c3ccc(OC(F)(F)F)cc3)n2)cc1Cl. The number of carbonyl (C=O) groups excluding carboxylic acids is 2. The molecule has 1 aliphatic heterocycles. The van der Waals surface area contributed by atoms with Crippen molar-refractivity contribution in [2.45, 2.75) is 26.5 Å². The Morgan fingerprint density at radius 1 is 1.09 bits per heavy atom. The number of ether oxygens (including phenoxy) is 3. The van der Waals surface area contributed by atoms with Crippen LogP contribution in [0.5, 0.6) is 11.5 Å². The van der Waals surface area contributed by atoms with Crippen molar-refractivity contribution >= 4 is 51.8 Å². The molecule has 1 N–H and O–H groups in total. The van der Waals surface area contributed by atoms with Gasteiger partial charge in [-0.15, -0.1) is 18.3 Å². The molecule has 0 atom stereocenters. The first-order valence-corrected chi connectivity index (χ1v) is 14.5. The van der Waals surface area contributed by atoms with Gasteiger partial charge in [0.15, 0.2) is 11.0 Å². The van der Waals surface area contributed by atoms with E-state index in [1.807, 2.05) is 25.1 Å². The van der Waals surface area contributed by atoms with Crippen LogP contribution in [0.25, 0.3) is 5.69 Å². The Bertz CT molecular complexity index is 1750. The van der Waals surface area contributed by atoms with E-state index in [0.29, 0.717) is 22.9 Å². The van der Waals surface area contributed by atoms with E-state index in [-0.39, 0.29) is 46.5 Å². The van der Waals surface area contributed by atoms with E-state index in [1.54, 1.807) is 13.2 Å². The molecule has 0 aliphatic carbocycles. The van der Waals surface area contributed by atoms with Gasteiger partial charge in [0, 0.05) is 18.7 Å². The van der Waals surface area contributed by atoms with Crippen LogP contribution in [0.15, 0.2) is 72.0 Å². The molecule has 0 radical (unpaired) electrons. The van der Waals surface area contributed by atoms with Gasteiger partial charge >= 0.3 is 12.4 Å². The lowest BCUT2D eigenvalue weighted by Crippen LogP contribution is -2.31. The van der Waals surface area contributed by atoms with Gasteiger partial charge in [-0.25, -0.2) is 14.5 Å². The molecule has 1 aliphatic rings. The fourth-order valence-corrected chi connectivity index (χ4v) is 5.27. The fourth-order valence-electron chi connectivity index (χ4n) is 4.19. The van der Waals surface area contributed by atoms with Gasteiger partial charge in [0.1, 0.15) is 24.4 Å². The summed E-state index contributed by atoms with van der Waals surface area (Å²) in [5, 5.41) is 7.29. The molecule has 11 nitrogen and oxygen atoms in total. The molecule has 5 rings (SSSR count). The number of methoxy groups -OCH3 is 1. The van der Waals surface area contributed by atoms with E-state index < -0.39 is 12.4 Å². The van der Waals surface area contributed by atoms with Gasteiger partial charge in [0.2, 0.25) is 5.91 Å². The van der Waals surface area contributed by atoms with Gasteiger partial charge in [-0.1, -0.05) is 35.5 Å². The number of rotatable bonds is 9. The van der Waals surface area contributed by atoms with Gasteiger partial charge in [-0.3, -0.25) is 9.69 Å². The number of benzene rings is 3. The minimum atomic E-state index is -4.78. The second-order valence-electron chi connectivity index (χ2n) is 9.48. The molecular weight excluding hydrogens is 637 g/mol. The second-order valence-corrected chi connectivity index (χ2v) is 10.8. The Labute approximate surface area is 263 Å². The van der Waals surface area contributed by atoms with Crippen LogP contribution < -0.4 is 19.7 Å². The lowest BCUT2D eigenvalue weighted by atomic mass is 10.1. The van der Waals surface area contributed by atoms with E-state index in [1.165, 1.54) is 52.3 Å².